The Bertz CT molecular complexity index is 453. The van der Waals surface area contributed by atoms with Crippen molar-refractivity contribution in [1.82, 2.24) is 9.78 Å². The lowest BCUT2D eigenvalue weighted by atomic mass is 9.83. The van der Waals surface area contributed by atoms with Gasteiger partial charge in [0.05, 0.1) is 11.2 Å². The lowest BCUT2D eigenvalue weighted by Crippen LogP contribution is -2.15. The molecule has 0 saturated carbocycles. The van der Waals surface area contributed by atoms with E-state index in [1.807, 2.05) is 31.3 Å². The zero-order chi connectivity index (χ0) is 10.1. The number of benzene rings is 1. The van der Waals surface area contributed by atoms with E-state index in [0.29, 0.717) is 0 Å². The highest BCUT2D eigenvalue weighted by molar-refractivity contribution is 6.40. The normalized spacial score (nSPS) is 10.8. The van der Waals surface area contributed by atoms with Crippen LogP contribution in [0.3, 0.4) is 0 Å². The summed E-state index contributed by atoms with van der Waals surface area (Å²) in [6, 6.07) is 7.73. The molecule has 0 fully saturated rings. The molecule has 2 aromatic rings. The zero-order valence-electron chi connectivity index (χ0n) is 7.88. The van der Waals surface area contributed by atoms with Crippen molar-refractivity contribution in [3.8, 4) is 0 Å². The maximum absolute atomic E-state index is 8.88. The molecule has 1 aromatic carbocycles. The molecule has 14 heavy (non-hydrogen) atoms. The minimum Gasteiger partial charge on any atom is -0.427 e. The van der Waals surface area contributed by atoms with Crippen LogP contribution in [-0.4, -0.2) is 26.9 Å². The van der Waals surface area contributed by atoms with E-state index in [-0.39, 0.29) is 6.32 Å². The van der Waals surface area contributed by atoms with Gasteiger partial charge in [0.2, 0.25) is 0 Å². The molecule has 2 rings (SSSR count). The fourth-order valence-corrected chi connectivity index (χ4v) is 1.61. The lowest BCUT2D eigenvalue weighted by Gasteiger charge is -1.94. The van der Waals surface area contributed by atoms with Crippen LogP contribution in [0.5, 0.6) is 0 Å². The number of hydrogen-bond acceptors (Lipinski definition) is 3. The van der Waals surface area contributed by atoms with Crippen molar-refractivity contribution in [3.63, 3.8) is 0 Å². The predicted octanol–water partition coefficient (Wildman–Crippen LogP) is 0.128. The third-order valence-corrected chi connectivity index (χ3v) is 2.21. The highest BCUT2D eigenvalue weighted by atomic mass is 16.4. The number of aromatic nitrogens is 2. The van der Waals surface area contributed by atoms with Crippen LogP contribution in [0.4, 0.5) is 0 Å². The Morgan fingerprint density at radius 1 is 1.36 bits per heavy atom. The first-order valence-electron chi connectivity index (χ1n) is 4.45. The molecule has 1 aromatic heterocycles. The topological polar surface area (TPSA) is 58.3 Å². The van der Waals surface area contributed by atoms with Gasteiger partial charge in [-0.15, -0.1) is 0 Å². The molecule has 0 amide bonds. The highest BCUT2D eigenvalue weighted by Gasteiger charge is 2.14. The van der Waals surface area contributed by atoms with Crippen LogP contribution in [0.25, 0.3) is 10.9 Å². The first-order chi connectivity index (χ1) is 6.68. The standard InChI is InChI=1S/C9H11BN2O2/c1-12-9-5-3-2-4-7(9)8(11-12)6-10(13)14/h2-5,13-14H,6H2,1H3. The summed E-state index contributed by atoms with van der Waals surface area (Å²) in [7, 11) is 0.503. The highest BCUT2D eigenvalue weighted by Crippen LogP contribution is 2.17. The molecule has 0 saturated heterocycles. The molecule has 0 unspecified atom stereocenters. The van der Waals surface area contributed by atoms with E-state index < -0.39 is 7.12 Å². The molecule has 0 aliphatic heterocycles. The summed E-state index contributed by atoms with van der Waals surface area (Å²) in [5.41, 5.74) is 1.72. The second-order valence-electron chi connectivity index (χ2n) is 3.27. The van der Waals surface area contributed by atoms with E-state index in [9.17, 15) is 0 Å². The summed E-state index contributed by atoms with van der Waals surface area (Å²) < 4.78 is 1.74. The van der Waals surface area contributed by atoms with E-state index in [1.165, 1.54) is 0 Å². The third-order valence-electron chi connectivity index (χ3n) is 2.21. The first-order valence-corrected chi connectivity index (χ1v) is 4.45. The first kappa shape index (κ1) is 9.24. The molecule has 4 nitrogen and oxygen atoms in total. The maximum Gasteiger partial charge on any atom is 0.457 e. The molecule has 0 spiro atoms. The summed E-state index contributed by atoms with van der Waals surface area (Å²) in [4.78, 5) is 0. The Balaban J connectivity index is 2.55. The van der Waals surface area contributed by atoms with E-state index in [2.05, 4.69) is 5.10 Å². The van der Waals surface area contributed by atoms with Gasteiger partial charge in [-0.3, -0.25) is 4.68 Å². The lowest BCUT2D eigenvalue weighted by molar-refractivity contribution is 0.404. The number of aryl methyl sites for hydroxylation is 1. The second kappa shape index (κ2) is 3.44. The molecule has 0 aliphatic carbocycles. The van der Waals surface area contributed by atoms with Gasteiger partial charge >= 0.3 is 7.12 Å². The molecule has 0 aliphatic rings. The van der Waals surface area contributed by atoms with Crippen molar-refractivity contribution in [1.29, 1.82) is 0 Å². The van der Waals surface area contributed by atoms with E-state index in [0.717, 1.165) is 16.6 Å². The Morgan fingerprint density at radius 3 is 2.79 bits per heavy atom. The van der Waals surface area contributed by atoms with Crippen LogP contribution in [0.15, 0.2) is 24.3 Å². The van der Waals surface area contributed by atoms with Crippen molar-refractivity contribution in [3.05, 3.63) is 30.0 Å². The van der Waals surface area contributed by atoms with Gasteiger partial charge < -0.3 is 10.0 Å². The summed E-state index contributed by atoms with van der Waals surface area (Å²) >= 11 is 0. The smallest absolute Gasteiger partial charge is 0.427 e. The number of rotatable bonds is 2. The monoisotopic (exact) mass is 190 g/mol. The molecule has 72 valence electrons. The van der Waals surface area contributed by atoms with Gasteiger partial charge in [0, 0.05) is 18.8 Å². The fourth-order valence-electron chi connectivity index (χ4n) is 1.61. The summed E-state index contributed by atoms with van der Waals surface area (Å²) in [5, 5.41) is 23.0. The molecule has 0 radical (unpaired) electrons. The number of nitrogens with zero attached hydrogens (tertiary/aromatic N) is 2. The van der Waals surface area contributed by atoms with E-state index in [1.54, 1.807) is 4.68 Å². The SMILES string of the molecule is Cn1nc(CB(O)O)c2ccccc21. The van der Waals surface area contributed by atoms with Gasteiger partial charge in [0.25, 0.3) is 0 Å². The van der Waals surface area contributed by atoms with Crippen LogP contribution >= 0.6 is 0 Å². The number of para-hydroxylation sites is 1. The van der Waals surface area contributed by atoms with Crippen molar-refractivity contribution < 1.29 is 10.0 Å². The van der Waals surface area contributed by atoms with Crippen LogP contribution in [0, 0.1) is 0 Å². The van der Waals surface area contributed by atoms with Gasteiger partial charge in [0.1, 0.15) is 0 Å². The maximum atomic E-state index is 8.88. The molecule has 5 heteroatoms. The third kappa shape index (κ3) is 1.52. The van der Waals surface area contributed by atoms with Crippen molar-refractivity contribution in [2.24, 2.45) is 7.05 Å². The Morgan fingerprint density at radius 2 is 2.07 bits per heavy atom. The Kier molecular flexibility index (Phi) is 2.27. The fraction of sp³-hybridized carbons (Fsp3) is 0.222. The van der Waals surface area contributed by atoms with Crippen LogP contribution in [-0.2, 0) is 13.4 Å². The molecular weight excluding hydrogens is 179 g/mol. The molecule has 0 bridgehead atoms. The Labute approximate surface area is 81.9 Å². The zero-order valence-corrected chi connectivity index (χ0v) is 7.88. The van der Waals surface area contributed by atoms with Gasteiger partial charge in [-0.2, -0.15) is 5.10 Å². The van der Waals surface area contributed by atoms with Crippen LogP contribution < -0.4 is 0 Å². The summed E-state index contributed by atoms with van der Waals surface area (Å²) in [6.07, 6.45) is 0.168. The average Bonchev–Trinajstić information content (AvgIpc) is 2.44. The number of hydrogen-bond donors (Lipinski definition) is 2. The van der Waals surface area contributed by atoms with Crippen molar-refractivity contribution in [2.75, 3.05) is 0 Å². The van der Waals surface area contributed by atoms with Gasteiger partial charge in [-0.05, 0) is 6.07 Å². The van der Waals surface area contributed by atoms with Gasteiger partial charge in [0.15, 0.2) is 0 Å². The van der Waals surface area contributed by atoms with Crippen LogP contribution in [0.2, 0.25) is 0 Å². The molecule has 0 atom stereocenters. The summed E-state index contributed by atoms with van der Waals surface area (Å²) in [6.45, 7) is 0. The Hall–Kier alpha value is -1.33. The number of fused-ring (bicyclic) bond motifs is 1. The minimum atomic E-state index is -1.34. The van der Waals surface area contributed by atoms with Gasteiger partial charge in [-0.1, -0.05) is 18.2 Å². The van der Waals surface area contributed by atoms with Crippen LogP contribution in [0.1, 0.15) is 5.69 Å². The largest absolute Gasteiger partial charge is 0.457 e. The van der Waals surface area contributed by atoms with Crippen molar-refractivity contribution >= 4 is 18.0 Å². The molecule has 1 heterocycles. The second-order valence-corrected chi connectivity index (χ2v) is 3.27. The van der Waals surface area contributed by atoms with Gasteiger partial charge in [-0.25, -0.2) is 0 Å². The average molecular weight is 190 g/mol. The van der Waals surface area contributed by atoms with E-state index >= 15 is 0 Å². The predicted molar refractivity (Wildman–Crippen MR) is 54.6 cm³/mol. The molecule has 2 N–H and O–H groups in total. The summed E-state index contributed by atoms with van der Waals surface area (Å²) in [5.74, 6) is 0. The van der Waals surface area contributed by atoms with E-state index in [4.69, 9.17) is 10.0 Å². The minimum absolute atomic E-state index is 0.168. The molecular formula is C9H11BN2O2. The van der Waals surface area contributed by atoms with Crippen molar-refractivity contribution in [2.45, 2.75) is 6.32 Å². The quantitative estimate of drug-likeness (QED) is 0.661.